The maximum atomic E-state index is 13.5. The van der Waals surface area contributed by atoms with Gasteiger partial charge in [-0.1, -0.05) is 59.6 Å². The summed E-state index contributed by atoms with van der Waals surface area (Å²) in [7, 11) is 1.48. The fourth-order valence-corrected chi connectivity index (χ4v) is 4.14. The van der Waals surface area contributed by atoms with Crippen LogP contribution in [0.4, 0.5) is 10.5 Å². The number of amides is 4. The highest BCUT2D eigenvalue weighted by Crippen LogP contribution is 2.43. The Morgan fingerprint density at radius 3 is 2.52 bits per heavy atom. The molecule has 0 bridgehead atoms. The van der Waals surface area contributed by atoms with Gasteiger partial charge in [-0.25, -0.2) is 4.79 Å². The van der Waals surface area contributed by atoms with Crippen LogP contribution in [0.25, 0.3) is 6.08 Å². The van der Waals surface area contributed by atoms with Crippen molar-refractivity contribution in [3.8, 4) is 0 Å². The first-order chi connectivity index (χ1) is 14.9. The highest BCUT2D eigenvalue weighted by atomic mass is 35.5. The molecule has 2 aromatic rings. The fourth-order valence-electron chi connectivity index (χ4n) is 3.83. The van der Waals surface area contributed by atoms with Crippen molar-refractivity contribution in [2.45, 2.75) is 5.54 Å². The van der Waals surface area contributed by atoms with Crippen LogP contribution in [-0.2, 0) is 19.9 Å². The van der Waals surface area contributed by atoms with Gasteiger partial charge in [-0.15, -0.1) is 0 Å². The summed E-state index contributed by atoms with van der Waals surface area (Å²) in [5.41, 5.74) is 0.105. The lowest BCUT2D eigenvalue weighted by molar-refractivity contribution is -0.138. The molecule has 0 radical (unpaired) electrons. The van der Waals surface area contributed by atoms with Gasteiger partial charge in [0, 0.05) is 19.2 Å². The smallest absolute Gasteiger partial charge is 0.325 e. The number of methoxy groups -OCH3 is 1. The zero-order valence-corrected chi connectivity index (χ0v) is 18.1. The molecule has 1 saturated heterocycles. The zero-order valence-electron chi connectivity index (χ0n) is 16.6. The first kappa shape index (κ1) is 21.4. The van der Waals surface area contributed by atoms with Crippen LogP contribution < -0.4 is 10.2 Å². The van der Waals surface area contributed by atoms with Gasteiger partial charge >= 0.3 is 6.03 Å². The molecule has 1 atom stereocenters. The molecule has 160 valence electrons. The molecule has 2 aliphatic heterocycles. The van der Waals surface area contributed by atoms with E-state index in [0.717, 1.165) is 10.5 Å². The number of nitrogens with one attached hydrogen (secondary N) is 1. The Hall–Kier alpha value is -2.87. The van der Waals surface area contributed by atoms with E-state index >= 15 is 0 Å². The number of hydrogen-bond acceptors (Lipinski definition) is 4. The summed E-state index contributed by atoms with van der Waals surface area (Å²) in [6.45, 7) is 0.454. The molecule has 1 spiro atoms. The number of rotatable bonds is 6. The minimum absolute atomic E-state index is 0.0651. The summed E-state index contributed by atoms with van der Waals surface area (Å²) in [5.74, 6) is -1.09. The van der Waals surface area contributed by atoms with Crippen molar-refractivity contribution in [3.05, 3.63) is 69.7 Å². The van der Waals surface area contributed by atoms with Crippen molar-refractivity contribution in [1.82, 2.24) is 10.2 Å². The van der Waals surface area contributed by atoms with Crippen molar-refractivity contribution in [2.75, 3.05) is 31.7 Å². The van der Waals surface area contributed by atoms with Gasteiger partial charge in [0.2, 0.25) is 5.54 Å². The molecule has 1 N–H and O–H groups in total. The molecule has 1 unspecified atom stereocenters. The monoisotopic (exact) mass is 459 g/mol. The molecule has 0 saturated carbocycles. The molecule has 2 heterocycles. The number of halogens is 2. The Bertz CT molecular complexity index is 1100. The largest absolute Gasteiger partial charge is 0.383 e. The number of hydrogen-bond donors (Lipinski definition) is 1. The van der Waals surface area contributed by atoms with Crippen LogP contribution in [-0.4, -0.2) is 49.6 Å². The summed E-state index contributed by atoms with van der Waals surface area (Å²) < 4.78 is 4.98. The number of carbonyl (C=O) groups excluding carboxylic acids is 3. The molecule has 2 aliphatic rings. The summed E-state index contributed by atoms with van der Waals surface area (Å²) in [6.07, 6.45) is 3.60. The van der Waals surface area contributed by atoms with Crippen molar-refractivity contribution >= 4 is 52.8 Å². The molecule has 2 aromatic carbocycles. The maximum absolute atomic E-state index is 13.5. The van der Waals surface area contributed by atoms with Crippen LogP contribution in [0.5, 0.6) is 0 Å². The number of nitrogens with zero attached hydrogens (tertiary/aromatic N) is 2. The summed E-state index contributed by atoms with van der Waals surface area (Å²) >= 11 is 12.0. The summed E-state index contributed by atoms with van der Waals surface area (Å²) in [6, 6.07) is 11.6. The number of carbonyl (C=O) groups is 3. The SMILES string of the molecule is COCCN1C(=O)NC2(C1=O)C(=O)N(C/C=C/c1ccc(Cl)c(Cl)c1)c1ccccc12. The van der Waals surface area contributed by atoms with E-state index in [1.807, 2.05) is 6.08 Å². The third-order valence-electron chi connectivity index (χ3n) is 5.33. The topological polar surface area (TPSA) is 79.0 Å². The molecule has 4 amide bonds. The van der Waals surface area contributed by atoms with Gasteiger partial charge in [0.15, 0.2) is 0 Å². The van der Waals surface area contributed by atoms with E-state index in [1.54, 1.807) is 48.5 Å². The highest BCUT2D eigenvalue weighted by molar-refractivity contribution is 6.42. The fraction of sp³-hybridized carbons (Fsp3) is 0.227. The number of benzene rings is 2. The van der Waals surface area contributed by atoms with E-state index in [1.165, 1.54) is 12.0 Å². The van der Waals surface area contributed by atoms with Crippen LogP contribution in [0, 0.1) is 0 Å². The number of urea groups is 1. The molecule has 0 aliphatic carbocycles. The van der Waals surface area contributed by atoms with E-state index in [4.69, 9.17) is 27.9 Å². The number of para-hydroxylation sites is 1. The van der Waals surface area contributed by atoms with Crippen LogP contribution in [0.15, 0.2) is 48.5 Å². The first-order valence-corrected chi connectivity index (χ1v) is 10.3. The van der Waals surface area contributed by atoms with Crippen LogP contribution in [0.3, 0.4) is 0 Å². The third kappa shape index (κ3) is 3.48. The Balaban J connectivity index is 1.64. The number of anilines is 1. The molecule has 31 heavy (non-hydrogen) atoms. The van der Waals surface area contributed by atoms with E-state index in [0.29, 0.717) is 21.3 Å². The Morgan fingerprint density at radius 1 is 1.03 bits per heavy atom. The minimum Gasteiger partial charge on any atom is -0.383 e. The molecular weight excluding hydrogens is 441 g/mol. The molecule has 7 nitrogen and oxygen atoms in total. The second-order valence-electron chi connectivity index (χ2n) is 7.14. The van der Waals surface area contributed by atoms with Gasteiger partial charge in [-0.3, -0.25) is 14.5 Å². The second-order valence-corrected chi connectivity index (χ2v) is 7.95. The van der Waals surface area contributed by atoms with Gasteiger partial charge in [0.1, 0.15) is 0 Å². The summed E-state index contributed by atoms with van der Waals surface area (Å²) in [5, 5.41) is 3.52. The number of fused-ring (bicyclic) bond motifs is 2. The van der Waals surface area contributed by atoms with Crippen LogP contribution >= 0.6 is 23.2 Å². The van der Waals surface area contributed by atoms with Gasteiger partial charge < -0.3 is 15.0 Å². The Labute approximate surface area is 189 Å². The van der Waals surface area contributed by atoms with Crippen LogP contribution in [0.1, 0.15) is 11.1 Å². The number of imide groups is 1. The Kier molecular flexibility index (Phi) is 5.75. The van der Waals surface area contributed by atoms with E-state index in [2.05, 4.69) is 5.32 Å². The van der Waals surface area contributed by atoms with Gasteiger partial charge in [-0.2, -0.15) is 0 Å². The van der Waals surface area contributed by atoms with Gasteiger partial charge in [-0.05, 0) is 23.8 Å². The van der Waals surface area contributed by atoms with E-state index in [-0.39, 0.29) is 19.7 Å². The third-order valence-corrected chi connectivity index (χ3v) is 6.07. The normalized spacial score (nSPS) is 20.3. The van der Waals surface area contributed by atoms with Crippen molar-refractivity contribution in [2.24, 2.45) is 0 Å². The minimum atomic E-state index is -1.75. The lowest BCUT2D eigenvalue weighted by Crippen LogP contribution is -2.52. The summed E-state index contributed by atoms with van der Waals surface area (Å²) in [4.78, 5) is 41.7. The average Bonchev–Trinajstić information content (AvgIpc) is 3.15. The molecule has 1 fully saturated rings. The Morgan fingerprint density at radius 2 is 1.77 bits per heavy atom. The standard InChI is InChI=1S/C22H19Cl2N3O4/c1-31-12-11-27-20(29)22(25-21(27)30)15-6-2-3-7-18(15)26(19(22)28)10-4-5-14-8-9-16(23)17(24)13-14/h2-9,13H,10-12H2,1H3,(H,25,30)/b5-4+. The quantitative estimate of drug-likeness (QED) is 0.529. The lowest BCUT2D eigenvalue weighted by Gasteiger charge is -2.21. The zero-order chi connectivity index (χ0) is 22.2. The first-order valence-electron chi connectivity index (χ1n) is 9.56. The predicted molar refractivity (Wildman–Crippen MR) is 118 cm³/mol. The second kappa shape index (κ2) is 8.34. The van der Waals surface area contributed by atoms with Crippen LogP contribution in [0.2, 0.25) is 10.0 Å². The van der Waals surface area contributed by atoms with E-state index < -0.39 is 23.4 Å². The van der Waals surface area contributed by atoms with Gasteiger partial charge in [0.05, 0.1) is 28.9 Å². The van der Waals surface area contributed by atoms with Crippen molar-refractivity contribution < 1.29 is 19.1 Å². The molecule has 0 aromatic heterocycles. The predicted octanol–water partition coefficient (Wildman–Crippen LogP) is 3.45. The highest BCUT2D eigenvalue weighted by Gasteiger charge is 2.63. The average molecular weight is 460 g/mol. The maximum Gasteiger partial charge on any atom is 0.325 e. The molecule has 4 rings (SSSR count). The molecular formula is C22H19Cl2N3O4. The lowest BCUT2D eigenvalue weighted by atomic mass is 9.91. The molecule has 9 heteroatoms. The van der Waals surface area contributed by atoms with Crippen molar-refractivity contribution in [1.29, 1.82) is 0 Å². The van der Waals surface area contributed by atoms with Gasteiger partial charge in [0.25, 0.3) is 11.8 Å². The number of ether oxygens (including phenoxy) is 1. The van der Waals surface area contributed by atoms with E-state index in [9.17, 15) is 14.4 Å². The van der Waals surface area contributed by atoms with Crippen molar-refractivity contribution in [3.63, 3.8) is 0 Å².